The first-order valence-electron chi connectivity index (χ1n) is 9.17. The SMILES string of the molecule is C=CC1(C)CCC2(C)C(CCC3C4(C)CCCC32OC4=O)C1. The lowest BCUT2D eigenvalue weighted by atomic mass is 9.42. The van der Waals surface area contributed by atoms with Gasteiger partial charge in [0.05, 0.1) is 5.41 Å². The molecule has 4 fully saturated rings. The van der Waals surface area contributed by atoms with Gasteiger partial charge < -0.3 is 4.74 Å². The van der Waals surface area contributed by atoms with Crippen molar-refractivity contribution >= 4 is 5.97 Å². The summed E-state index contributed by atoms with van der Waals surface area (Å²) in [6.45, 7) is 11.1. The number of esters is 1. The monoisotopic (exact) mass is 302 g/mol. The molecule has 0 radical (unpaired) electrons. The van der Waals surface area contributed by atoms with Crippen molar-refractivity contribution in [3.8, 4) is 0 Å². The lowest BCUT2D eigenvalue weighted by Crippen LogP contribution is -2.62. The Morgan fingerprint density at radius 2 is 1.91 bits per heavy atom. The third-order valence-corrected chi connectivity index (χ3v) is 8.41. The van der Waals surface area contributed by atoms with Gasteiger partial charge in [-0.05, 0) is 69.6 Å². The molecule has 22 heavy (non-hydrogen) atoms. The average molecular weight is 302 g/mol. The van der Waals surface area contributed by atoms with Gasteiger partial charge in [-0.2, -0.15) is 0 Å². The van der Waals surface area contributed by atoms with Gasteiger partial charge in [0.25, 0.3) is 0 Å². The molecular weight excluding hydrogens is 272 g/mol. The molecule has 4 rings (SSSR count). The topological polar surface area (TPSA) is 26.3 Å². The van der Waals surface area contributed by atoms with E-state index in [-0.39, 0.29) is 27.8 Å². The standard InChI is InChI=1S/C20H30O2/c1-5-17(2)11-12-19(4)14(13-17)7-8-15-18(3)9-6-10-20(15,19)22-16(18)21/h5,14-15H,1,6-13H2,2-4H3. The molecule has 122 valence electrons. The number of rotatable bonds is 1. The van der Waals surface area contributed by atoms with Crippen LogP contribution in [0.15, 0.2) is 12.7 Å². The minimum absolute atomic E-state index is 0.105. The summed E-state index contributed by atoms with van der Waals surface area (Å²) in [5, 5.41) is 0. The minimum Gasteiger partial charge on any atom is -0.458 e. The number of fused-ring (bicyclic) bond motifs is 1. The maximum absolute atomic E-state index is 12.7. The zero-order valence-corrected chi connectivity index (χ0v) is 14.4. The zero-order valence-electron chi connectivity index (χ0n) is 14.4. The largest absolute Gasteiger partial charge is 0.458 e. The van der Waals surface area contributed by atoms with Gasteiger partial charge in [-0.1, -0.05) is 19.9 Å². The second-order valence-corrected chi connectivity index (χ2v) is 9.36. The van der Waals surface area contributed by atoms with E-state index in [1.54, 1.807) is 0 Å². The molecule has 0 aromatic rings. The van der Waals surface area contributed by atoms with E-state index in [1.807, 2.05) is 0 Å². The predicted octanol–water partition coefficient (Wildman–Crippen LogP) is 4.88. The van der Waals surface area contributed by atoms with Crippen LogP contribution in [0.5, 0.6) is 0 Å². The fourth-order valence-electron chi connectivity index (χ4n) is 6.75. The van der Waals surface area contributed by atoms with Crippen LogP contribution in [0.3, 0.4) is 0 Å². The summed E-state index contributed by atoms with van der Waals surface area (Å²) in [5.41, 5.74) is 0.0778. The Hall–Kier alpha value is -0.790. The summed E-state index contributed by atoms with van der Waals surface area (Å²) in [7, 11) is 0. The van der Waals surface area contributed by atoms with Crippen molar-refractivity contribution in [3.05, 3.63) is 12.7 Å². The highest BCUT2D eigenvalue weighted by Gasteiger charge is 2.73. The highest BCUT2D eigenvalue weighted by atomic mass is 16.6. The van der Waals surface area contributed by atoms with Gasteiger partial charge >= 0.3 is 5.97 Å². The van der Waals surface area contributed by atoms with Crippen molar-refractivity contribution in [2.45, 2.75) is 77.7 Å². The van der Waals surface area contributed by atoms with Crippen LogP contribution in [0.4, 0.5) is 0 Å². The van der Waals surface area contributed by atoms with Crippen molar-refractivity contribution < 1.29 is 9.53 Å². The molecule has 3 saturated carbocycles. The molecule has 2 bridgehead atoms. The molecule has 0 aromatic carbocycles. The van der Waals surface area contributed by atoms with Crippen LogP contribution in [0.1, 0.15) is 72.1 Å². The van der Waals surface area contributed by atoms with Crippen LogP contribution in [0.25, 0.3) is 0 Å². The molecular formula is C20H30O2. The Kier molecular flexibility index (Phi) is 2.81. The Balaban J connectivity index is 1.77. The van der Waals surface area contributed by atoms with Crippen LogP contribution in [-0.2, 0) is 9.53 Å². The highest BCUT2D eigenvalue weighted by molar-refractivity contribution is 5.81. The van der Waals surface area contributed by atoms with E-state index in [1.165, 1.54) is 32.1 Å². The number of hydrogen-bond donors (Lipinski definition) is 0. The quantitative estimate of drug-likeness (QED) is 0.509. The summed E-state index contributed by atoms with van der Waals surface area (Å²) in [5.74, 6) is 1.23. The van der Waals surface area contributed by atoms with Gasteiger partial charge in [0.2, 0.25) is 0 Å². The van der Waals surface area contributed by atoms with Crippen molar-refractivity contribution in [2.24, 2.45) is 28.1 Å². The van der Waals surface area contributed by atoms with E-state index in [4.69, 9.17) is 4.74 Å². The normalized spacial score (nSPS) is 56.8. The van der Waals surface area contributed by atoms with Gasteiger partial charge in [0.15, 0.2) is 0 Å². The van der Waals surface area contributed by atoms with Gasteiger partial charge in [-0.3, -0.25) is 4.79 Å². The first-order valence-corrected chi connectivity index (χ1v) is 9.17. The Morgan fingerprint density at radius 3 is 2.64 bits per heavy atom. The fraction of sp³-hybridized carbons (Fsp3) is 0.850. The Bertz CT molecular complexity index is 540. The van der Waals surface area contributed by atoms with Crippen molar-refractivity contribution in [1.29, 1.82) is 0 Å². The van der Waals surface area contributed by atoms with E-state index in [2.05, 4.69) is 33.4 Å². The third kappa shape index (κ3) is 1.50. The molecule has 0 aromatic heterocycles. The summed E-state index contributed by atoms with van der Waals surface area (Å²) in [6.07, 6.45) is 11.5. The average Bonchev–Trinajstić information content (AvgIpc) is 2.61. The van der Waals surface area contributed by atoms with E-state index in [9.17, 15) is 4.79 Å². The smallest absolute Gasteiger partial charge is 0.312 e. The van der Waals surface area contributed by atoms with Crippen LogP contribution >= 0.6 is 0 Å². The summed E-state index contributed by atoms with van der Waals surface area (Å²) in [4.78, 5) is 12.7. The van der Waals surface area contributed by atoms with Crippen molar-refractivity contribution in [2.75, 3.05) is 0 Å². The fourth-order valence-corrected chi connectivity index (χ4v) is 6.75. The second-order valence-electron chi connectivity index (χ2n) is 9.36. The molecule has 6 atom stereocenters. The molecule has 0 amide bonds. The van der Waals surface area contributed by atoms with E-state index in [0.717, 1.165) is 19.3 Å². The van der Waals surface area contributed by atoms with Gasteiger partial charge in [-0.25, -0.2) is 0 Å². The van der Waals surface area contributed by atoms with Gasteiger partial charge in [0, 0.05) is 11.3 Å². The first kappa shape index (κ1) is 14.8. The van der Waals surface area contributed by atoms with Crippen LogP contribution in [-0.4, -0.2) is 11.6 Å². The molecule has 4 aliphatic rings. The first-order chi connectivity index (χ1) is 10.3. The molecule has 1 saturated heterocycles. The van der Waals surface area contributed by atoms with E-state index < -0.39 is 0 Å². The Labute approximate surface area is 134 Å². The molecule has 0 spiro atoms. The molecule has 2 heteroatoms. The lowest BCUT2D eigenvalue weighted by Gasteiger charge is -2.62. The van der Waals surface area contributed by atoms with E-state index >= 15 is 0 Å². The molecule has 2 nitrogen and oxygen atoms in total. The number of ether oxygens (including phenoxy) is 1. The molecule has 1 heterocycles. The molecule has 6 unspecified atom stereocenters. The maximum Gasteiger partial charge on any atom is 0.312 e. The Morgan fingerprint density at radius 1 is 1.14 bits per heavy atom. The summed E-state index contributed by atoms with van der Waals surface area (Å²) in [6, 6.07) is 0. The highest BCUT2D eigenvalue weighted by Crippen LogP contribution is 2.71. The number of carbonyl (C=O) groups is 1. The number of allylic oxidation sites excluding steroid dienone is 1. The number of hydrogen-bond acceptors (Lipinski definition) is 2. The number of carbonyl (C=O) groups excluding carboxylic acids is 1. The van der Waals surface area contributed by atoms with E-state index in [0.29, 0.717) is 11.8 Å². The zero-order chi connectivity index (χ0) is 15.8. The minimum atomic E-state index is -0.203. The van der Waals surface area contributed by atoms with Crippen molar-refractivity contribution in [1.82, 2.24) is 0 Å². The van der Waals surface area contributed by atoms with Crippen molar-refractivity contribution in [3.63, 3.8) is 0 Å². The third-order valence-electron chi connectivity index (χ3n) is 8.41. The molecule has 3 aliphatic carbocycles. The van der Waals surface area contributed by atoms with Crippen LogP contribution in [0.2, 0.25) is 0 Å². The second kappa shape index (κ2) is 4.19. The van der Waals surface area contributed by atoms with Crippen LogP contribution in [0, 0.1) is 28.1 Å². The van der Waals surface area contributed by atoms with Gasteiger partial charge in [-0.15, -0.1) is 6.58 Å². The van der Waals surface area contributed by atoms with Crippen LogP contribution < -0.4 is 0 Å². The summed E-state index contributed by atoms with van der Waals surface area (Å²) >= 11 is 0. The predicted molar refractivity (Wildman–Crippen MR) is 87.3 cm³/mol. The maximum atomic E-state index is 12.7. The summed E-state index contributed by atoms with van der Waals surface area (Å²) < 4.78 is 6.29. The molecule has 1 aliphatic heterocycles. The lowest BCUT2D eigenvalue weighted by molar-refractivity contribution is -0.202. The van der Waals surface area contributed by atoms with Gasteiger partial charge in [0.1, 0.15) is 5.60 Å². The molecule has 0 N–H and O–H groups in total.